The van der Waals surface area contributed by atoms with Crippen LogP contribution in [0.1, 0.15) is 0 Å². The van der Waals surface area contributed by atoms with Crippen molar-refractivity contribution in [3.05, 3.63) is 206 Å². The minimum atomic E-state index is 0.681. The van der Waals surface area contributed by atoms with Gasteiger partial charge in [-0.05, 0) is 110 Å². The molecule has 266 valence electrons. The Bertz CT molecular complexity index is 3290. The molecule has 0 aliphatic carbocycles. The number of hydrogen-bond acceptors (Lipinski definition) is 3. The zero-order chi connectivity index (χ0) is 37.7. The third kappa shape index (κ3) is 6.12. The van der Waals surface area contributed by atoms with Gasteiger partial charge >= 0.3 is 0 Å². The number of benzene rings is 9. The molecular weight excluding hydrogens is 693 g/mol. The summed E-state index contributed by atoms with van der Waals surface area (Å²) in [5, 5.41) is 7.10. The maximum absolute atomic E-state index is 6.21. The van der Waals surface area contributed by atoms with Crippen molar-refractivity contribution >= 4 is 43.5 Å². The second kappa shape index (κ2) is 13.6. The molecule has 0 atom stereocenters. The highest BCUT2D eigenvalue weighted by molar-refractivity contribution is 6.06. The van der Waals surface area contributed by atoms with Crippen molar-refractivity contribution in [1.29, 1.82) is 0 Å². The topological polar surface area (TPSA) is 38.9 Å². The Morgan fingerprint density at radius 3 is 1.46 bits per heavy atom. The minimum absolute atomic E-state index is 0.681. The van der Waals surface area contributed by atoms with Crippen LogP contribution in [0.2, 0.25) is 0 Å². The van der Waals surface area contributed by atoms with Gasteiger partial charge in [0.2, 0.25) is 0 Å². The summed E-state index contributed by atoms with van der Waals surface area (Å²) in [5.74, 6) is 0.681. The van der Waals surface area contributed by atoms with E-state index in [0.29, 0.717) is 5.82 Å². The summed E-state index contributed by atoms with van der Waals surface area (Å²) >= 11 is 0. The van der Waals surface area contributed by atoms with Gasteiger partial charge in [0, 0.05) is 27.5 Å². The minimum Gasteiger partial charge on any atom is -0.456 e. The molecule has 0 bridgehead atoms. The Labute approximate surface area is 330 Å². The fourth-order valence-electron chi connectivity index (χ4n) is 8.04. The lowest BCUT2D eigenvalue weighted by Gasteiger charge is -2.14. The molecule has 11 aromatic rings. The quantitative estimate of drug-likeness (QED) is 0.171. The first-order valence-electron chi connectivity index (χ1n) is 19.3. The molecule has 2 heterocycles. The molecule has 0 aliphatic rings. The standard InChI is InChI=1S/C54H34N2O/c1-2-12-38(13-3-1)50-34-51(56-54(55-50)39-22-18-37(19-23-39)42-24-20-35-10-4-6-14-40(35)28-42)47-31-45(43-25-21-36-11-5-7-15-41(36)29-43)30-46(32-47)44-26-27-53-49(33-44)48-16-8-9-17-52(48)57-53/h1-34H. The average Bonchev–Trinajstić information content (AvgIpc) is 3.67. The number of nitrogens with zero attached hydrogens (tertiary/aromatic N) is 2. The zero-order valence-electron chi connectivity index (χ0n) is 30.9. The number of rotatable bonds is 6. The monoisotopic (exact) mass is 726 g/mol. The molecule has 0 radical (unpaired) electrons. The molecule has 9 aromatic carbocycles. The summed E-state index contributed by atoms with van der Waals surface area (Å²) < 4.78 is 6.21. The Kier molecular flexibility index (Phi) is 7.82. The van der Waals surface area contributed by atoms with E-state index in [-0.39, 0.29) is 0 Å². The summed E-state index contributed by atoms with van der Waals surface area (Å²) in [7, 11) is 0. The van der Waals surface area contributed by atoms with Gasteiger partial charge < -0.3 is 4.42 Å². The van der Waals surface area contributed by atoms with Crippen molar-refractivity contribution in [1.82, 2.24) is 9.97 Å². The van der Waals surface area contributed by atoms with Crippen LogP contribution in [0.5, 0.6) is 0 Å². The summed E-state index contributed by atoms with van der Waals surface area (Å²) in [6.07, 6.45) is 0. The smallest absolute Gasteiger partial charge is 0.160 e. The van der Waals surface area contributed by atoms with Crippen LogP contribution in [0.25, 0.3) is 111 Å². The van der Waals surface area contributed by atoms with Crippen LogP contribution >= 0.6 is 0 Å². The molecule has 0 fully saturated rings. The summed E-state index contributed by atoms with van der Waals surface area (Å²) in [4.78, 5) is 10.5. The first-order chi connectivity index (χ1) is 28.2. The predicted octanol–water partition coefficient (Wildman–Crippen LogP) is 14.7. The Morgan fingerprint density at radius 2 is 0.754 bits per heavy atom. The number of para-hydroxylation sites is 1. The molecule has 0 N–H and O–H groups in total. The molecule has 3 nitrogen and oxygen atoms in total. The molecule has 2 aromatic heterocycles. The summed E-state index contributed by atoms with van der Waals surface area (Å²) in [5.41, 5.74) is 13.3. The predicted molar refractivity (Wildman–Crippen MR) is 237 cm³/mol. The highest BCUT2D eigenvalue weighted by Gasteiger charge is 2.16. The van der Waals surface area contributed by atoms with Gasteiger partial charge in [0.05, 0.1) is 11.4 Å². The van der Waals surface area contributed by atoms with E-state index in [9.17, 15) is 0 Å². The van der Waals surface area contributed by atoms with E-state index < -0.39 is 0 Å². The van der Waals surface area contributed by atoms with Gasteiger partial charge in [-0.15, -0.1) is 0 Å². The first-order valence-corrected chi connectivity index (χ1v) is 19.3. The van der Waals surface area contributed by atoms with Crippen molar-refractivity contribution in [2.24, 2.45) is 0 Å². The number of furan rings is 1. The zero-order valence-corrected chi connectivity index (χ0v) is 30.9. The van der Waals surface area contributed by atoms with E-state index in [2.05, 4.69) is 188 Å². The molecule has 0 amide bonds. The van der Waals surface area contributed by atoms with Gasteiger partial charge in [-0.2, -0.15) is 0 Å². The lowest BCUT2D eigenvalue weighted by Crippen LogP contribution is -1.96. The first kappa shape index (κ1) is 32.8. The molecule has 3 heteroatoms. The number of fused-ring (bicyclic) bond motifs is 5. The second-order valence-corrected chi connectivity index (χ2v) is 14.6. The molecule has 0 spiro atoms. The maximum atomic E-state index is 6.21. The van der Waals surface area contributed by atoms with Crippen LogP contribution in [0.4, 0.5) is 0 Å². The van der Waals surface area contributed by atoms with Gasteiger partial charge in [0.25, 0.3) is 0 Å². The fourth-order valence-corrected chi connectivity index (χ4v) is 8.04. The highest BCUT2D eigenvalue weighted by atomic mass is 16.3. The lowest BCUT2D eigenvalue weighted by molar-refractivity contribution is 0.669. The normalized spacial score (nSPS) is 11.5. The van der Waals surface area contributed by atoms with Gasteiger partial charge in [0.15, 0.2) is 5.82 Å². The van der Waals surface area contributed by atoms with Gasteiger partial charge in [0.1, 0.15) is 11.2 Å². The largest absolute Gasteiger partial charge is 0.456 e. The van der Waals surface area contributed by atoms with Gasteiger partial charge in [-0.3, -0.25) is 0 Å². The van der Waals surface area contributed by atoms with Crippen molar-refractivity contribution in [2.75, 3.05) is 0 Å². The fraction of sp³-hybridized carbons (Fsp3) is 0. The van der Waals surface area contributed by atoms with E-state index in [1.807, 2.05) is 18.2 Å². The van der Waals surface area contributed by atoms with Crippen LogP contribution in [0, 0.1) is 0 Å². The van der Waals surface area contributed by atoms with E-state index in [4.69, 9.17) is 14.4 Å². The van der Waals surface area contributed by atoms with Crippen molar-refractivity contribution in [2.45, 2.75) is 0 Å². The van der Waals surface area contributed by atoms with Gasteiger partial charge in [-0.25, -0.2) is 9.97 Å². The van der Waals surface area contributed by atoms with Crippen molar-refractivity contribution in [3.8, 4) is 67.3 Å². The van der Waals surface area contributed by atoms with E-state index >= 15 is 0 Å². The van der Waals surface area contributed by atoms with Crippen LogP contribution in [0.15, 0.2) is 211 Å². The summed E-state index contributed by atoms with van der Waals surface area (Å²) in [6.45, 7) is 0. The van der Waals surface area contributed by atoms with Crippen LogP contribution in [-0.2, 0) is 0 Å². The third-order valence-corrected chi connectivity index (χ3v) is 11.0. The van der Waals surface area contributed by atoms with Crippen LogP contribution in [0.3, 0.4) is 0 Å². The second-order valence-electron chi connectivity index (χ2n) is 14.6. The Hall–Kier alpha value is -7.62. The summed E-state index contributed by atoms with van der Waals surface area (Å²) in [6, 6.07) is 73.0. The van der Waals surface area contributed by atoms with E-state index in [1.165, 1.54) is 27.1 Å². The lowest BCUT2D eigenvalue weighted by atomic mass is 9.93. The van der Waals surface area contributed by atoms with E-state index in [1.54, 1.807) is 0 Å². The highest BCUT2D eigenvalue weighted by Crippen LogP contribution is 2.38. The van der Waals surface area contributed by atoms with Crippen molar-refractivity contribution in [3.63, 3.8) is 0 Å². The molecule has 57 heavy (non-hydrogen) atoms. The number of aromatic nitrogens is 2. The van der Waals surface area contributed by atoms with E-state index in [0.717, 1.165) is 77.8 Å². The number of hydrogen-bond donors (Lipinski definition) is 0. The average molecular weight is 727 g/mol. The molecule has 0 aliphatic heterocycles. The van der Waals surface area contributed by atoms with Crippen LogP contribution < -0.4 is 0 Å². The Morgan fingerprint density at radius 1 is 0.263 bits per heavy atom. The van der Waals surface area contributed by atoms with Crippen molar-refractivity contribution < 1.29 is 4.42 Å². The molecule has 11 rings (SSSR count). The molecular formula is C54H34N2O. The maximum Gasteiger partial charge on any atom is 0.160 e. The molecule has 0 unspecified atom stereocenters. The molecule has 0 saturated heterocycles. The molecule has 0 saturated carbocycles. The van der Waals surface area contributed by atoms with Crippen LogP contribution in [-0.4, -0.2) is 9.97 Å². The third-order valence-electron chi connectivity index (χ3n) is 11.0. The van der Waals surface area contributed by atoms with Gasteiger partial charge in [-0.1, -0.05) is 152 Å². The Balaban J connectivity index is 1.08. The SMILES string of the molecule is c1ccc(-c2cc(-c3cc(-c4ccc5ccccc5c4)cc(-c4ccc5oc6ccccc6c5c4)c3)nc(-c3ccc(-c4ccc5ccccc5c4)cc3)n2)cc1.